The molecule has 0 amide bonds. The van der Waals surface area contributed by atoms with Crippen LogP contribution >= 0.6 is 0 Å². The summed E-state index contributed by atoms with van der Waals surface area (Å²) in [6.45, 7) is 14.3. The van der Waals surface area contributed by atoms with Crippen LogP contribution in [0.2, 0.25) is 0 Å². The number of rotatable bonds is 3. The molecular formula is C16H27NO. The smallest absolute Gasteiger partial charge is 0.141 e. The summed E-state index contributed by atoms with van der Waals surface area (Å²) >= 11 is 0. The topological polar surface area (TPSA) is 21.3 Å². The van der Waals surface area contributed by atoms with Gasteiger partial charge in [0.25, 0.3) is 0 Å². The Bertz CT molecular complexity index is 397. The summed E-state index contributed by atoms with van der Waals surface area (Å²) in [6, 6.07) is 6.39. The van der Waals surface area contributed by atoms with Crippen LogP contribution in [0.5, 0.6) is 5.75 Å². The van der Waals surface area contributed by atoms with Crippen molar-refractivity contribution in [2.24, 2.45) is 5.41 Å². The van der Waals surface area contributed by atoms with Crippen LogP contribution < -0.4 is 10.1 Å². The van der Waals surface area contributed by atoms with E-state index in [0.29, 0.717) is 0 Å². The van der Waals surface area contributed by atoms with Gasteiger partial charge < -0.3 is 10.1 Å². The summed E-state index contributed by atoms with van der Waals surface area (Å²) in [5.74, 6) is 0.909. The summed E-state index contributed by atoms with van der Waals surface area (Å²) in [5.41, 5.74) is 2.81. The maximum absolute atomic E-state index is 5.42. The van der Waals surface area contributed by atoms with Crippen LogP contribution in [0.15, 0.2) is 18.2 Å². The number of methoxy groups -OCH3 is 1. The monoisotopic (exact) mass is 249 g/mol. The van der Waals surface area contributed by atoms with Gasteiger partial charge in [-0.1, -0.05) is 47.6 Å². The molecular weight excluding hydrogens is 222 g/mol. The van der Waals surface area contributed by atoms with Crippen molar-refractivity contribution in [3.8, 4) is 5.75 Å². The van der Waals surface area contributed by atoms with Gasteiger partial charge in [-0.25, -0.2) is 0 Å². The molecule has 0 bridgehead atoms. The van der Waals surface area contributed by atoms with Crippen LogP contribution in [0, 0.1) is 5.41 Å². The van der Waals surface area contributed by atoms with E-state index in [0.717, 1.165) is 18.0 Å². The van der Waals surface area contributed by atoms with Gasteiger partial charge >= 0.3 is 0 Å². The van der Waals surface area contributed by atoms with Gasteiger partial charge in [0, 0.05) is 6.54 Å². The van der Waals surface area contributed by atoms with Crippen LogP contribution in [0.1, 0.15) is 47.1 Å². The zero-order chi connectivity index (χ0) is 14.0. The van der Waals surface area contributed by atoms with Crippen molar-refractivity contribution in [1.29, 1.82) is 0 Å². The number of nitrogens with one attached hydrogen (secondary N) is 1. The van der Waals surface area contributed by atoms with E-state index in [9.17, 15) is 0 Å². The lowest BCUT2D eigenvalue weighted by molar-refractivity contribution is 0.412. The largest absolute Gasteiger partial charge is 0.495 e. The Kier molecular flexibility index (Phi) is 4.31. The first-order chi connectivity index (χ1) is 8.13. The Morgan fingerprint density at radius 1 is 1.06 bits per heavy atom. The average molecular weight is 249 g/mol. The lowest BCUT2D eigenvalue weighted by atomic mass is 9.86. The normalized spacial score (nSPS) is 12.4. The van der Waals surface area contributed by atoms with E-state index in [1.54, 1.807) is 7.11 Å². The highest BCUT2D eigenvalue weighted by Crippen LogP contribution is 2.32. The predicted octanol–water partition coefficient (Wildman–Crippen LogP) is 4.45. The minimum atomic E-state index is 0.157. The van der Waals surface area contributed by atoms with Gasteiger partial charge in [-0.2, -0.15) is 0 Å². The Labute approximate surface area is 112 Å². The number of hydrogen-bond acceptors (Lipinski definition) is 2. The molecule has 1 N–H and O–H groups in total. The third-order valence-electron chi connectivity index (χ3n) is 2.87. The lowest BCUT2D eigenvalue weighted by Gasteiger charge is -2.24. The van der Waals surface area contributed by atoms with Crippen LogP contribution in [-0.4, -0.2) is 13.7 Å². The lowest BCUT2D eigenvalue weighted by Crippen LogP contribution is -2.20. The fourth-order valence-corrected chi connectivity index (χ4v) is 1.67. The van der Waals surface area contributed by atoms with Crippen molar-refractivity contribution in [3.63, 3.8) is 0 Å². The first-order valence-electron chi connectivity index (χ1n) is 6.56. The molecule has 2 heteroatoms. The van der Waals surface area contributed by atoms with Crippen molar-refractivity contribution in [3.05, 3.63) is 23.8 Å². The van der Waals surface area contributed by atoms with E-state index in [4.69, 9.17) is 4.74 Å². The molecule has 1 rings (SSSR count). The highest BCUT2D eigenvalue weighted by molar-refractivity contribution is 5.59. The molecule has 0 saturated heterocycles. The van der Waals surface area contributed by atoms with Crippen LogP contribution in [0.4, 0.5) is 5.69 Å². The van der Waals surface area contributed by atoms with E-state index < -0.39 is 0 Å². The van der Waals surface area contributed by atoms with E-state index in [1.165, 1.54) is 5.56 Å². The Morgan fingerprint density at radius 2 is 1.67 bits per heavy atom. The van der Waals surface area contributed by atoms with Crippen molar-refractivity contribution < 1.29 is 4.74 Å². The summed E-state index contributed by atoms with van der Waals surface area (Å²) in [6.07, 6.45) is 0. The molecule has 1 aromatic carbocycles. The quantitative estimate of drug-likeness (QED) is 0.854. The SMILES string of the molecule is COc1ccc(C(C)(C)C)cc1NCC(C)(C)C. The third kappa shape index (κ3) is 4.25. The second kappa shape index (κ2) is 5.21. The molecule has 0 unspecified atom stereocenters. The van der Waals surface area contributed by atoms with Gasteiger partial charge in [0.05, 0.1) is 12.8 Å². The van der Waals surface area contributed by atoms with Crippen molar-refractivity contribution >= 4 is 5.69 Å². The number of hydrogen-bond donors (Lipinski definition) is 1. The van der Waals surface area contributed by atoms with Gasteiger partial charge in [-0.3, -0.25) is 0 Å². The molecule has 2 nitrogen and oxygen atoms in total. The van der Waals surface area contributed by atoms with Gasteiger partial charge in [0.1, 0.15) is 5.75 Å². The van der Waals surface area contributed by atoms with Gasteiger partial charge in [0.15, 0.2) is 0 Å². The second-order valence-corrected chi connectivity index (χ2v) is 7.08. The molecule has 0 aliphatic carbocycles. The van der Waals surface area contributed by atoms with Gasteiger partial charge in [-0.05, 0) is 28.5 Å². The van der Waals surface area contributed by atoms with E-state index >= 15 is 0 Å². The fourth-order valence-electron chi connectivity index (χ4n) is 1.67. The molecule has 0 heterocycles. The molecule has 0 radical (unpaired) electrons. The molecule has 18 heavy (non-hydrogen) atoms. The highest BCUT2D eigenvalue weighted by atomic mass is 16.5. The molecule has 0 aliphatic rings. The maximum Gasteiger partial charge on any atom is 0.141 e. The summed E-state index contributed by atoms with van der Waals surface area (Å²) < 4.78 is 5.42. The molecule has 0 saturated carbocycles. The summed E-state index contributed by atoms with van der Waals surface area (Å²) in [7, 11) is 1.72. The Hall–Kier alpha value is -1.18. The van der Waals surface area contributed by atoms with Crippen molar-refractivity contribution in [2.45, 2.75) is 47.0 Å². The van der Waals surface area contributed by atoms with Crippen molar-refractivity contribution in [1.82, 2.24) is 0 Å². The van der Waals surface area contributed by atoms with E-state index in [-0.39, 0.29) is 10.8 Å². The minimum Gasteiger partial charge on any atom is -0.495 e. The first-order valence-corrected chi connectivity index (χ1v) is 6.56. The van der Waals surface area contributed by atoms with Crippen LogP contribution in [0.25, 0.3) is 0 Å². The molecule has 0 atom stereocenters. The zero-order valence-electron chi connectivity index (χ0n) is 12.8. The van der Waals surface area contributed by atoms with Crippen LogP contribution in [-0.2, 0) is 5.41 Å². The highest BCUT2D eigenvalue weighted by Gasteiger charge is 2.17. The first kappa shape index (κ1) is 14.9. The summed E-state index contributed by atoms with van der Waals surface area (Å²) in [4.78, 5) is 0. The standard InChI is InChI=1S/C16H27NO/c1-15(2,3)11-17-13-10-12(16(4,5)6)8-9-14(13)18-7/h8-10,17H,11H2,1-7H3. The zero-order valence-corrected chi connectivity index (χ0v) is 12.8. The van der Waals surface area contributed by atoms with E-state index in [2.05, 4.69) is 59.0 Å². The fraction of sp³-hybridized carbons (Fsp3) is 0.625. The second-order valence-electron chi connectivity index (χ2n) is 7.08. The third-order valence-corrected chi connectivity index (χ3v) is 2.87. The van der Waals surface area contributed by atoms with Gasteiger partial charge in [-0.15, -0.1) is 0 Å². The predicted molar refractivity (Wildman–Crippen MR) is 79.6 cm³/mol. The molecule has 0 aromatic heterocycles. The molecule has 1 aromatic rings. The number of anilines is 1. The van der Waals surface area contributed by atoms with E-state index in [1.807, 2.05) is 6.07 Å². The van der Waals surface area contributed by atoms with Gasteiger partial charge in [0.2, 0.25) is 0 Å². The molecule has 0 spiro atoms. The minimum absolute atomic E-state index is 0.157. The van der Waals surface area contributed by atoms with Crippen LogP contribution in [0.3, 0.4) is 0 Å². The number of ether oxygens (including phenoxy) is 1. The Morgan fingerprint density at radius 3 is 2.11 bits per heavy atom. The Balaban J connectivity index is 3.00. The number of benzene rings is 1. The maximum atomic E-state index is 5.42. The molecule has 0 aliphatic heterocycles. The summed E-state index contributed by atoms with van der Waals surface area (Å²) in [5, 5.41) is 3.49. The molecule has 102 valence electrons. The average Bonchev–Trinajstić information content (AvgIpc) is 2.23. The molecule has 0 fully saturated rings. The van der Waals surface area contributed by atoms with Crippen molar-refractivity contribution in [2.75, 3.05) is 19.0 Å².